The minimum absolute atomic E-state index is 0.0392. The highest BCUT2D eigenvalue weighted by Crippen LogP contribution is 2.19. The van der Waals surface area contributed by atoms with Crippen molar-refractivity contribution in [3.63, 3.8) is 0 Å². The molecule has 0 aliphatic rings. The summed E-state index contributed by atoms with van der Waals surface area (Å²) in [4.78, 5) is 14.1. The SMILES string of the molecule is Cc1nn(-c2ccccc2)c(C)c1CN(C)C(=O)CCOc1cccc(F)c1. The molecule has 2 aromatic carbocycles. The molecule has 0 atom stereocenters. The van der Waals surface area contributed by atoms with E-state index in [1.165, 1.54) is 12.1 Å². The molecule has 5 nitrogen and oxygen atoms in total. The van der Waals surface area contributed by atoms with E-state index in [-0.39, 0.29) is 24.8 Å². The van der Waals surface area contributed by atoms with Crippen molar-refractivity contribution in [2.45, 2.75) is 26.8 Å². The Morgan fingerprint density at radius 2 is 1.89 bits per heavy atom. The Balaban J connectivity index is 1.60. The molecule has 3 aromatic rings. The van der Waals surface area contributed by atoms with E-state index >= 15 is 0 Å². The van der Waals surface area contributed by atoms with Crippen molar-refractivity contribution in [1.82, 2.24) is 14.7 Å². The highest BCUT2D eigenvalue weighted by atomic mass is 19.1. The quantitative estimate of drug-likeness (QED) is 0.620. The number of amides is 1. The van der Waals surface area contributed by atoms with E-state index < -0.39 is 0 Å². The van der Waals surface area contributed by atoms with Crippen molar-refractivity contribution in [2.24, 2.45) is 0 Å². The van der Waals surface area contributed by atoms with Crippen LogP contribution in [-0.4, -0.2) is 34.2 Å². The summed E-state index contributed by atoms with van der Waals surface area (Å²) < 4.78 is 20.5. The van der Waals surface area contributed by atoms with Crippen LogP contribution in [0.4, 0.5) is 4.39 Å². The molecule has 0 saturated heterocycles. The van der Waals surface area contributed by atoms with Gasteiger partial charge in [-0.05, 0) is 38.1 Å². The van der Waals surface area contributed by atoms with Crippen molar-refractivity contribution in [3.8, 4) is 11.4 Å². The van der Waals surface area contributed by atoms with E-state index in [4.69, 9.17) is 4.74 Å². The van der Waals surface area contributed by atoms with E-state index in [0.29, 0.717) is 12.3 Å². The molecule has 0 N–H and O–H groups in total. The number of ether oxygens (including phenoxy) is 1. The first-order valence-corrected chi connectivity index (χ1v) is 9.18. The summed E-state index contributed by atoms with van der Waals surface area (Å²) in [5.74, 6) is 0.0243. The monoisotopic (exact) mass is 381 g/mol. The van der Waals surface area contributed by atoms with Gasteiger partial charge in [0.15, 0.2) is 0 Å². The normalized spacial score (nSPS) is 10.7. The van der Waals surface area contributed by atoms with E-state index in [9.17, 15) is 9.18 Å². The lowest BCUT2D eigenvalue weighted by Gasteiger charge is -2.18. The molecule has 0 aliphatic carbocycles. The van der Waals surface area contributed by atoms with Crippen LogP contribution in [-0.2, 0) is 11.3 Å². The van der Waals surface area contributed by atoms with Crippen LogP contribution in [0, 0.1) is 19.7 Å². The van der Waals surface area contributed by atoms with Gasteiger partial charge in [-0.15, -0.1) is 0 Å². The molecule has 3 rings (SSSR count). The third kappa shape index (κ3) is 4.57. The van der Waals surface area contributed by atoms with E-state index in [1.807, 2.05) is 48.9 Å². The fourth-order valence-electron chi connectivity index (χ4n) is 3.05. The molecule has 0 saturated carbocycles. The largest absolute Gasteiger partial charge is 0.493 e. The maximum Gasteiger partial charge on any atom is 0.226 e. The number of rotatable bonds is 7. The van der Waals surface area contributed by atoms with Gasteiger partial charge in [0.05, 0.1) is 24.4 Å². The lowest BCUT2D eigenvalue weighted by Crippen LogP contribution is -2.28. The summed E-state index contributed by atoms with van der Waals surface area (Å²) in [6.07, 6.45) is 0.220. The van der Waals surface area contributed by atoms with Crippen LogP contribution in [0.15, 0.2) is 54.6 Å². The van der Waals surface area contributed by atoms with Crippen LogP contribution >= 0.6 is 0 Å². The highest BCUT2D eigenvalue weighted by Gasteiger charge is 2.17. The van der Waals surface area contributed by atoms with Crippen molar-refractivity contribution in [1.29, 1.82) is 0 Å². The number of aromatic nitrogens is 2. The zero-order chi connectivity index (χ0) is 20.1. The molecule has 28 heavy (non-hydrogen) atoms. The molecule has 1 aromatic heterocycles. The van der Waals surface area contributed by atoms with Gasteiger partial charge in [0.1, 0.15) is 11.6 Å². The average molecular weight is 381 g/mol. The average Bonchev–Trinajstić information content (AvgIpc) is 2.97. The molecule has 0 spiro atoms. The molecule has 6 heteroatoms. The summed E-state index contributed by atoms with van der Waals surface area (Å²) >= 11 is 0. The van der Waals surface area contributed by atoms with Crippen LogP contribution in [0.3, 0.4) is 0 Å². The van der Waals surface area contributed by atoms with E-state index in [0.717, 1.165) is 22.6 Å². The van der Waals surface area contributed by atoms with Gasteiger partial charge in [0.2, 0.25) is 5.91 Å². The van der Waals surface area contributed by atoms with E-state index in [2.05, 4.69) is 5.10 Å². The second-order valence-corrected chi connectivity index (χ2v) is 6.70. The Labute approximate surface area is 164 Å². The Hall–Kier alpha value is -3.15. The fraction of sp³-hybridized carbons (Fsp3) is 0.273. The molecule has 0 unspecified atom stereocenters. The number of hydrogen-bond donors (Lipinski definition) is 0. The van der Waals surface area contributed by atoms with Gasteiger partial charge in [-0.1, -0.05) is 24.3 Å². The Morgan fingerprint density at radius 3 is 2.61 bits per heavy atom. The smallest absolute Gasteiger partial charge is 0.226 e. The molecule has 1 amide bonds. The zero-order valence-electron chi connectivity index (χ0n) is 16.4. The Bertz CT molecular complexity index is 954. The molecule has 0 radical (unpaired) electrons. The number of nitrogens with zero attached hydrogens (tertiary/aromatic N) is 3. The summed E-state index contributed by atoms with van der Waals surface area (Å²) in [7, 11) is 1.77. The van der Waals surface area contributed by atoms with Crippen molar-refractivity contribution >= 4 is 5.91 Å². The molecule has 146 valence electrons. The molecular formula is C22H24FN3O2. The van der Waals surface area contributed by atoms with Gasteiger partial charge in [0, 0.05) is 30.9 Å². The van der Waals surface area contributed by atoms with Crippen molar-refractivity contribution < 1.29 is 13.9 Å². The molecular weight excluding hydrogens is 357 g/mol. The number of carbonyl (C=O) groups excluding carboxylic acids is 1. The third-order valence-electron chi connectivity index (χ3n) is 4.64. The Kier molecular flexibility index (Phi) is 6.09. The standard InChI is InChI=1S/C22H24FN3O2/c1-16-21(17(2)26(24-16)19-9-5-4-6-10-19)15-25(3)22(27)12-13-28-20-11-7-8-18(23)14-20/h4-11,14H,12-13,15H2,1-3H3. The van der Waals surface area contributed by atoms with Crippen molar-refractivity contribution in [3.05, 3.63) is 77.4 Å². The second-order valence-electron chi connectivity index (χ2n) is 6.70. The number of benzene rings is 2. The first kappa shape index (κ1) is 19.6. The third-order valence-corrected chi connectivity index (χ3v) is 4.64. The number of aryl methyl sites for hydroxylation is 1. The number of para-hydroxylation sites is 1. The minimum atomic E-state index is -0.359. The van der Waals surface area contributed by atoms with Gasteiger partial charge in [0.25, 0.3) is 0 Å². The topological polar surface area (TPSA) is 47.4 Å². The summed E-state index contributed by atoms with van der Waals surface area (Å²) in [6.45, 7) is 4.64. The summed E-state index contributed by atoms with van der Waals surface area (Å²) in [5, 5.41) is 4.62. The first-order valence-electron chi connectivity index (χ1n) is 9.18. The molecule has 0 bridgehead atoms. The van der Waals surface area contributed by atoms with Crippen LogP contribution in [0.1, 0.15) is 23.4 Å². The zero-order valence-corrected chi connectivity index (χ0v) is 16.4. The van der Waals surface area contributed by atoms with Gasteiger partial charge < -0.3 is 9.64 Å². The molecule has 0 aliphatic heterocycles. The second kappa shape index (κ2) is 8.69. The Morgan fingerprint density at radius 1 is 1.14 bits per heavy atom. The maximum absolute atomic E-state index is 13.2. The van der Waals surface area contributed by atoms with Gasteiger partial charge in [-0.2, -0.15) is 5.10 Å². The predicted molar refractivity (Wildman–Crippen MR) is 106 cm³/mol. The maximum atomic E-state index is 13.2. The van der Waals surface area contributed by atoms with Gasteiger partial charge >= 0.3 is 0 Å². The lowest BCUT2D eigenvalue weighted by atomic mass is 10.2. The lowest BCUT2D eigenvalue weighted by molar-refractivity contribution is -0.130. The summed E-state index contributed by atoms with van der Waals surface area (Å²) in [5.41, 5.74) is 3.94. The van der Waals surface area contributed by atoms with Gasteiger partial charge in [-0.25, -0.2) is 9.07 Å². The van der Waals surface area contributed by atoms with Crippen LogP contribution in [0.25, 0.3) is 5.69 Å². The molecule has 1 heterocycles. The number of hydrogen-bond acceptors (Lipinski definition) is 3. The molecule has 0 fully saturated rings. The number of carbonyl (C=O) groups is 1. The van der Waals surface area contributed by atoms with Crippen LogP contribution in [0.2, 0.25) is 0 Å². The summed E-state index contributed by atoms with van der Waals surface area (Å²) in [6, 6.07) is 15.8. The predicted octanol–water partition coefficient (Wildman–Crippen LogP) is 4.06. The van der Waals surface area contributed by atoms with Crippen LogP contribution in [0.5, 0.6) is 5.75 Å². The first-order chi connectivity index (χ1) is 13.5. The van der Waals surface area contributed by atoms with Gasteiger partial charge in [-0.3, -0.25) is 4.79 Å². The minimum Gasteiger partial charge on any atom is -0.493 e. The van der Waals surface area contributed by atoms with E-state index in [1.54, 1.807) is 24.1 Å². The highest BCUT2D eigenvalue weighted by molar-refractivity contribution is 5.76. The number of halogens is 1. The van der Waals surface area contributed by atoms with Crippen molar-refractivity contribution in [2.75, 3.05) is 13.7 Å². The fourth-order valence-corrected chi connectivity index (χ4v) is 3.05. The van der Waals surface area contributed by atoms with Crippen LogP contribution < -0.4 is 4.74 Å².